The minimum absolute atomic E-state index is 0.0544. The molecule has 0 saturated carbocycles. The predicted octanol–water partition coefficient (Wildman–Crippen LogP) is 2.07. The van der Waals surface area contributed by atoms with Gasteiger partial charge in [0.25, 0.3) is 0 Å². The van der Waals surface area contributed by atoms with E-state index in [2.05, 4.69) is 22.9 Å². The highest BCUT2D eigenvalue weighted by Crippen LogP contribution is 2.44. The number of carbonyl (C=O) groups is 1. The van der Waals surface area contributed by atoms with Gasteiger partial charge in [-0.15, -0.1) is 0 Å². The summed E-state index contributed by atoms with van der Waals surface area (Å²) in [4.78, 5) is 10.7. The van der Waals surface area contributed by atoms with Gasteiger partial charge >= 0.3 is 0 Å². The Labute approximate surface area is 86.5 Å². The number of hydrogen-bond acceptors (Lipinski definition) is 2. The lowest BCUT2D eigenvalue weighted by Crippen LogP contribution is -2.33. The van der Waals surface area contributed by atoms with Gasteiger partial charge in [0.15, 0.2) is 0 Å². The molecule has 3 atom stereocenters. The fourth-order valence-electron chi connectivity index (χ4n) is 2.20. The van der Waals surface area contributed by atoms with E-state index in [1.54, 1.807) is 0 Å². The van der Waals surface area contributed by atoms with E-state index in [1.165, 1.54) is 0 Å². The van der Waals surface area contributed by atoms with E-state index in [0.29, 0.717) is 5.92 Å². The summed E-state index contributed by atoms with van der Waals surface area (Å²) >= 11 is 3.47. The maximum atomic E-state index is 10.7. The molecule has 1 heterocycles. The van der Waals surface area contributed by atoms with Crippen molar-refractivity contribution < 1.29 is 9.53 Å². The quantitative estimate of drug-likeness (QED) is 0.550. The van der Waals surface area contributed by atoms with Crippen LogP contribution in [0, 0.1) is 5.92 Å². The molecule has 2 bridgehead atoms. The molecule has 0 aromatic carbocycles. The van der Waals surface area contributed by atoms with Crippen LogP contribution in [-0.2, 0) is 9.53 Å². The molecule has 2 rings (SSSR count). The number of rotatable bonds is 2. The Hall–Kier alpha value is -0.150. The molecule has 3 heteroatoms. The molecule has 72 valence electrons. The average molecular weight is 245 g/mol. The Morgan fingerprint density at radius 1 is 1.85 bits per heavy atom. The molecule has 2 aliphatic rings. The van der Waals surface area contributed by atoms with Crippen LogP contribution in [0.1, 0.15) is 19.8 Å². The van der Waals surface area contributed by atoms with Gasteiger partial charge in [0.2, 0.25) is 0 Å². The first-order valence-corrected chi connectivity index (χ1v) is 5.71. The number of ether oxygens (including phenoxy) is 1. The smallest absolute Gasteiger partial charge is 0.148 e. The zero-order valence-electron chi connectivity index (χ0n) is 7.63. The number of halogens is 1. The van der Waals surface area contributed by atoms with Gasteiger partial charge in [-0.25, -0.2) is 0 Å². The maximum absolute atomic E-state index is 10.7. The van der Waals surface area contributed by atoms with Crippen LogP contribution >= 0.6 is 15.9 Å². The summed E-state index contributed by atoms with van der Waals surface area (Å²) in [5, 5.41) is 0.848. The van der Waals surface area contributed by atoms with Gasteiger partial charge < -0.3 is 4.74 Å². The summed E-state index contributed by atoms with van der Waals surface area (Å²) in [6, 6.07) is 0. The summed E-state index contributed by atoms with van der Waals surface area (Å²) in [6.45, 7) is 2.12. The van der Waals surface area contributed by atoms with Crippen molar-refractivity contribution in [2.75, 3.05) is 5.33 Å². The highest BCUT2D eigenvalue weighted by molar-refractivity contribution is 9.09. The van der Waals surface area contributed by atoms with Crippen molar-refractivity contribution >= 4 is 22.2 Å². The first-order valence-electron chi connectivity index (χ1n) is 4.58. The van der Waals surface area contributed by atoms with E-state index in [-0.39, 0.29) is 11.7 Å². The van der Waals surface area contributed by atoms with E-state index in [0.717, 1.165) is 30.0 Å². The fourth-order valence-corrected chi connectivity index (χ4v) is 2.79. The lowest BCUT2D eigenvalue weighted by molar-refractivity contribution is -0.106. The minimum atomic E-state index is -0.0775. The number of allylic oxidation sites excluding steroid dienone is 1. The molecule has 1 saturated heterocycles. The van der Waals surface area contributed by atoms with E-state index >= 15 is 0 Å². The van der Waals surface area contributed by atoms with Crippen molar-refractivity contribution in [2.45, 2.75) is 31.5 Å². The van der Waals surface area contributed by atoms with E-state index in [4.69, 9.17) is 4.74 Å². The number of hydrogen-bond donors (Lipinski definition) is 0. The largest absolute Gasteiger partial charge is 0.366 e. The van der Waals surface area contributed by atoms with Crippen molar-refractivity contribution in [1.82, 2.24) is 0 Å². The van der Waals surface area contributed by atoms with E-state index < -0.39 is 0 Å². The molecular weight excluding hydrogens is 232 g/mol. The molecule has 0 aromatic heterocycles. The SMILES string of the molecule is C[C@]1(CBr)O[C@@H]2C[C@H]1CC=C2C=O. The van der Waals surface area contributed by atoms with Crippen LogP contribution in [0.3, 0.4) is 0 Å². The zero-order valence-corrected chi connectivity index (χ0v) is 9.21. The third-order valence-electron chi connectivity index (χ3n) is 3.18. The predicted molar refractivity (Wildman–Crippen MR) is 53.9 cm³/mol. The monoisotopic (exact) mass is 244 g/mol. The Balaban J connectivity index is 2.22. The van der Waals surface area contributed by atoms with Crippen LogP contribution < -0.4 is 0 Å². The van der Waals surface area contributed by atoms with Crippen molar-refractivity contribution in [2.24, 2.45) is 5.92 Å². The van der Waals surface area contributed by atoms with Crippen LogP contribution in [0.4, 0.5) is 0 Å². The Morgan fingerprint density at radius 3 is 3.23 bits per heavy atom. The second kappa shape index (κ2) is 3.21. The van der Waals surface area contributed by atoms with Crippen molar-refractivity contribution in [3.8, 4) is 0 Å². The average Bonchev–Trinajstić information content (AvgIpc) is 2.41. The first-order chi connectivity index (χ1) is 6.19. The Morgan fingerprint density at radius 2 is 2.62 bits per heavy atom. The standard InChI is InChI=1S/C10H13BrO2/c1-10(6-11)8-3-2-7(5-12)9(4-8)13-10/h2,5,8-9H,3-4,6H2,1H3/t8-,9-,10-/m1/s1. The van der Waals surface area contributed by atoms with Gasteiger partial charge in [-0.3, -0.25) is 4.79 Å². The molecule has 0 N–H and O–H groups in total. The van der Waals surface area contributed by atoms with Gasteiger partial charge in [-0.2, -0.15) is 0 Å². The molecule has 13 heavy (non-hydrogen) atoms. The fraction of sp³-hybridized carbons (Fsp3) is 0.700. The second-order valence-corrected chi connectivity index (χ2v) is 4.60. The van der Waals surface area contributed by atoms with Crippen LogP contribution in [0.25, 0.3) is 0 Å². The first kappa shape index (κ1) is 9.41. The summed E-state index contributed by atoms with van der Waals surface area (Å²) in [5.74, 6) is 0.570. The molecule has 1 aliphatic carbocycles. The van der Waals surface area contributed by atoms with Crippen LogP contribution in [0.5, 0.6) is 0 Å². The van der Waals surface area contributed by atoms with Crippen LogP contribution in [-0.4, -0.2) is 23.3 Å². The lowest BCUT2D eigenvalue weighted by atomic mass is 9.82. The normalized spacial score (nSPS) is 43.1. The lowest BCUT2D eigenvalue weighted by Gasteiger charge is -2.26. The molecule has 0 unspecified atom stereocenters. The van der Waals surface area contributed by atoms with Crippen LogP contribution in [0.15, 0.2) is 11.6 Å². The van der Waals surface area contributed by atoms with Gasteiger partial charge in [0, 0.05) is 10.9 Å². The Kier molecular flexibility index (Phi) is 2.32. The minimum Gasteiger partial charge on any atom is -0.366 e. The summed E-state index contributed by atoms with van der Waals surface area (Å²) in [6.07, 6.45) is 5.00. The van der Waals surface area contributed by atoms with Gasteiger partial charge in [0.05, 0.1) is 11.7 Å². The molecule has 0 aromatic rings. The zero-order chi connectivity index (χ0) is 9.47. The van der Waals surface area contributed by atoms with Crippen LogP contribution in [0.2, 0.25) is 0 Å². The third-order valence-corrected chi connectivity index (χ3v) is 4.30. The topological polar surface area (TPSA) is 26.3 Å². The van der Waals surface area contributed by atoms with E-state index in [9.17, 15) is 4.79 Å². The van der Waals surface area contributed by atoms with Crippen molar-refractivity contribution in [3.05, 3.63) is 11.6 Å². The number of fused-ring (bicyclic) bond motifs is 2. The molecule has 2 nitrogen and oxygen atoms in total. The Bertz CT molecular complexity index is 262. The number of aldehydes is 1. The number of carbonyl (C=O) groups excluding carboxylic acids is 1. The van der Waals surface area contributed by atoms with Gasteiger partial charge in [0.1, 0.15) is 6.29 Å². The third kappa shape index (κ3) is 1.38. The highest BCUT2D eigenvalue weighted by atomic mass is 79.9. The van der Waals surface area contributed by atoms with Gasteiger partial charge in [-0.05, 0) is 25.7 Å². The molecular formula is C10H13BrO2. The molecule has 0 amide bonds. The molecule has 1 fully saturated rings. The molecule has 0 radical (unpaired) electrons. The molecule has 1 aliphatic heterocycles. The second-order valence-electron chi connectivity index (χ2n) is 4.04. The number of alkyl halides is 1. The summed E-state index contributed by atoms with van der Waals surface area (Å²) < 4.78 is 5.88. The van der Waals surface area contributed by atoms with E-state index in [1.807, 2.05) is 6.08 Å². The van der Waals surface area contributed by atoms with Crippen molar-refractivity contribution in [1.29, 1.82) is 0 Å². The summed E-state index contributed by atoms with van der Waals surface area (Å²) in [5.41, 5.74) is 0.757. The highest BCUT2D eigenvalue weighted by Gasteiger charge is 2.46. The maximum Gasteiger partial charge on any atom is 0.148 e. The molecule has 0 spiro atoms. The summed E-state index contributed by atoms with van der Waals surface area (Å²) in [7, 11) is 0. The van der Waals surface area contributed by atoms with Gasteiger partial charge in [-0.1, -0.05) is 22.0 Å². The van der Waals surface area contributed by atoms with Crippen molar-refractivity contribution in [3.63, 3.8) is 0 Å².